The Morgan fingerprint density at radius 3 is 2.16 bits per heavy atom. The summed E-state index contributed by atoms with van der Waals surface area (Å²) < 4.78 is 0. The van der Waals surface area contributed by atoms with E-state index in [1.165, 1.54) is 0 Å². The summed E-state index contributed by atoms with van der Waals surface area (Å²) in [5, 5.41) is 16.3. The van der Waals surface area contributed by atoms with E-state index >= 15 is 0 Å². The van der Waals surface area contributed by atoms with Crippen LogP contribution in [0.1, 0.15) is 32.3 Å². The van der Waals surface area contributed by atoms with Crippen molar-refractivity contribution in [3.8, 4) is 0 Å². The molecule has 0 fully saturated rings. The number of carboxylic acid groups (broad SMARTS) is 1. The number of amides is 4. The number of nitrogens with one attached hydrogen (secondary N) is 3. The van der Waals surface area contributed by atoms with Gasteiger partial charge < -0.3 is 32.5 Å². The number of aliphatic carboxylic acids is 1. The van der Waals surface area contributed by atoms with Gasteiger partial charge in [-0.3, -0.25) is 19.2 Å². The summed E-state index contributed by atoms with van der Waals surface area (Å²) in [6, 6.07) is 5.87. The molecule has 0 aliphatic heterocycles. The summed E-state index contributed by atoms with van der Waals surface area (Å²) in [6.07, 6.45) is -0.0196. The third kappa shape index (κ3) is 9.56. The van der Waals surface area contributed by atoms with Gasteiger partial charge in [0.1, 0.15) is 12.1 Å². The van der Waals surface area contributed by atoms with Crippen LogP contribution in [-0.2, 0) is 30.4 Å². The molecule has 0 aliphatic rings. The van der Waals surface area contributed by atoms with Gasteiger partial charge in [-0.2, -0.15) is 0 Å². The van der Waals surface area contributed by atoms with Gasteiger partial charge in [-0.25, -0.2) is 4.79 Å². The second-order valence-corrected chi connectivity index (χ2v) is 7.71. The smallest absolute Gasteiger partial charge is 0.326 e. The summed E-state index contributed by atoms with van der Waals surface area (Å²) in [4.78, 5) is 59.3. The van der Waals surface area contributed by atoms with Gasteiger partial charge in [-0.1, -0.05) is 44.2 Å². The van der Waals surface area contributed by atoms with Crippen LogP contribution in [0.3, 0.4) is 0 Å². The van der Waals surface area contributed by atoms with Gasteiger partial charge in [0, 0.05) is 6.42 Å². The molecule has 0 heterocycles. The zero-order chi connectivity index (χ0) is 24.3. The van der Waals surface area contributed by atoms with Gasteiger partial charge in [-0.05, 0) is 24.3 Å². The summed E-state index contributed by atoms with van der Waals surface area (Å²) in [5.41, 5.74) is 11.9. The molecule has 1 rings (SSSR count). The Labute approximate surface area is 186 Å². The number of hydrogen-bond acceptors (Lipinski definition) is 6. The number of benzene rings is 1. The Morgan fingerprint density at radius 2 is 1.62 bits per heavy atom. The summed E-state index contributed by atoms with van der Waals surface area (Å²) in [7, 11) is 0. The standard InChI is InChI=1S/C21H31N5O6/c1-12(2)18(21(31)32)26-17(28)11-24-20(30)15(8-9-16(23)27)25-19(29)14(22)10-13-6-4-3-5-7-13/h3-7,12,14-15,18H,8-11,22H2,1-2H3,(H2,23,27)(H,24,30)(H,25,29)(H,26,28)(H,31,32). The lowest BCUT2D eigenvalue weighted by Crippen LogP contribution is -2.54. The first-order chi connectivity index (χ1) is 15.0. The maximum atomic E-state index is 12.5. The van der Waals surface area contributed by atoms with Crippen molar-refractivity contribution in [2.24, 2.45) is 17.4 Å². The molecule has 0 aliphatic carbocycles. The predicted molar refractivity (Wildman–Crippen MR) is 116 cm³/mol. The van der Waals surface area contributed by atoms with Crippen LogP contribution in [0, 0.1) is 5.92 Å². The van der Waals surface area contributed by atoms with E-state index in [1.807, 2.05) is 30.3 Å². The Hall–Kier alpha value is -3.47. The van der Waals surface area contributed by atoms with Gasteiger partial charge >= 0.3 is 5.97 Å². The number of primary amides is 1. The average Bonchev–Trinajstić information content (AvgIpc) is 2.73. The first kappa shape index (κ1) is 26.6. The van der Waals surface area contributed by atoms with Crippen molar-refractivity contribution in [3.63, 3.8) is 0 Å². The van der Waals surface area contributed by atoms with Crippen LogP contribution < -0.4 is 27.4 Å². The number of carbonyl (C=O) groups excluding carboxylic acids is 4. The molecule has 3 unspecified atom stereocenters. The molecule has 0 spiro atoms. The fourth-order valence-corrected chi connectivity index (χ4v) is 2.82. The number of carboxylic acids is 1. The molecule has 0 bridgehead atoms. The molecule has 11 nitrogen and oxygen atoms in total. The second kappa shape index (κ2) is 13.1. The Kier molecular flexibility index (Phi) is 10.8. The molecule has 0 radical (unpaired) electrons. The highest BCUT2D eigenvalue weighted by atomic mass is 16.4. The zero-order valence-corrected chi connectivity index (χ0v) is 18.2. The quantitative estimate of drug-likeness (QED) is 0.214. The average molecular weight is 450 g/mol. The SMILES string of the molecule is CC(C)C(NC(=O)CNC(=O)C(CCC(N)=O)NC(=O)C(N)Cc1ccccc1)C(=O)O. The molecule has 1 aromatic rings. The number of carbonyl (C=O) groups is 5. The highest BCUT2D eigenvalue weighted by Crippen LogP contribution is 2.04. The van der Waals surface area contributed by atoms with Crippen LogP contribution >= 0.6 is 0 Å². The number of nitrogens with two attached hydrogens (primary N) is 2. The van der Waals surface area contributed by atoms with E-state index < -0.39 is 54.3 Å². The summed E-state index contributed by atoms with van der Waals surface area (Å²) in [5.74, 6) is -4.25. The van der Waals surface area contributed by atoms with Crippen molar-refractivity contribution < 1.29 is 29.1 Å². The monoisotopic (exact) mass is 449 g/mol. The third-order valence-electron chi connectivity index (χ3n) is 4.62. The molecule has 176 valence electrons. The molecule has 11 heteroatoms. The largest absolute Gasteiger partial charge is 0.480 e. The lowest BCUT2D eigenvalue weighted by Gasteiger charge is -2.21. The maximum Gasteiger partial charge on any atom is 0.326 e. The molecule has 32 heavy (non-hydrogen) atoms. The minimum atomic E-state index is -1.20. The first-order valence-electron chi connectivity index (χ1n) is 10.2. The van der Waals surface area contributed by atoms with Crippen LogP contribution in [-0.4, -0.2) is 59.4 Å². The van der Waals surface area contributed by atoms with E-state index in [0.717, 1.165) is 5.56 Å². The van der Waals surface area contributed by atoms with Gasteiger partial charge in [0.15, 0.2) is 0 Å². The maximum absolute atomic E-state index is 12.5. The van der Waals surface area contributed by atoms with E-state index in [0.29, 0.717) is 0 Å². The molecule has 8 N–H and O–H groups in total. The number of rotatable bonds is 13. The highest BCUT2D eigenvalue weighted by molar-refractivity contribution is 5.93. The van der Waals surface area contributed by atoms with Crippen LogP contribution in [0.25, 0.3) is 0 Å². The van der Waals surface area contributed by atoms with Gasteiger partial charge in [0.25, 0.3) is 0 Å². The van der Waals surface area contributed by atoms with Crippen LogP contribution in [0.4, 0.5) is 0 Å². The molecular formula is C21H31N5O6. The van der Waals surface area contributed by atoms with Crippen molar-refractivity contribution in [2.75, 3.05) is 6.54 Å². The fourth-order valence-electron chi connectivity index (χ4n) is 2.82. The fraction of sp³-hybridized carbons (Fsp3) is 0.476. The molecule has 1 aromatic carbocycles. The van der Waals surface area contributed by atoms with Gasteiger partial charge in [0.05, 0.1) is 12.6 Å². The van der Waals surface area contributed by atoms with Gasteiger partial charge in [-0.15, -0.1) is 0 Å². The molecule has 0 saturated carbocycles. The molecule has 0 aromatic heterocycles. The van der Waals surface area contributed by atoms with Crippen molar-refractivity contribution in [3.05, 3.63) is 35.9 Å². The first-order valence-corrected chi connectivity index (χ1v) is 10.2. The van der Waals surface area contributed by atoms with Crippen molar-refractivity contribution in [1.82, 2.24) is 16.0 Å². The minimum Gasteiger partial charge on any atom is -0.480 e. The lowest BCUT2D eigenvalue weighted by atomic mass is 10.0. The molecule has 0 saturated heterocycles. The zero-order valence-electron chi connectivity index (χ0n) is 18.2. The highest BCUT2D eigenvalue weighted by Gasteiger charge is 2.26. The minimum absolute atomic E-state index is 0.0870. The van der Waals surface area contributed by atoms with Gasteiger partial charge in [0.2, 0.25) is 23.6 Å². The van der Waals surface area contributed by atoms with Crippen molar-refractivity contribution in [1.29, 1.82) is 0 Å². The van der Waals surface area contributed by atoms with Crippen molar-refractivity contribution in [2.45, 2.75) is 51.2 Å². The topological polar surface area (TPSA) is 194 Å². The Bertz CT molecular complexity index is 814. The second-order valence-electron chi connectivity index (χ2n) is 7.71. The van der Waals surface area contributed by atoms with E-state index in [1.54, 1.807) is 13.8 Å². The normalized spacial score (nSPS) is 13.5. The molecular weight excluding hydrogens is 418 g/mol. The van der Waals surface area contributed by atoms with Crippen molar-refractivity contribution >= 4 is 29.6 Å². The van der Waals surface area contributed by atoms with Crippen LogP contribution in [0.5, 0.6) is 0 Å². The Balaban J connectivity index is 2.70. The summed E-state index contributed by atoms with van der Waals surface area (Å²) >= 11 is 0. The molecule has 3 atom stereocenters. The van der Waals surface area contributed by atoms with E-state index in [4.69, 9.17) is 16.6 Å². The van der Waals surface area contributed by atoms with Crippen LogP contribution in [0.15, 0.2) is 30.3 Å². The van der Waals surface area contributed by atoms with Crippen LogP contribution in [0.2, 0.25) is 0 Å². The van der Waals surface area contributed by atoms with E-state index in [-0.39, 0.29) is 25.2 Å². The third-order valence-corrected chi connectivity index (χ3v) is 4.62. The number of hydrogen-bond donors (Lipinski definition) is 6. The predicted octanol–water partition coefficient (Wildman–Crippen LogP) is -1.35. The Morgan fingerprint density at radius 1 is 1.00 bits per heavy atom. The summed E-state index contributed by atoms with van der Waals surface area (Å²) in [6.45, 7) is 2.76. The van der Waals surface area contributed by atoms with E-state index in [9.17, 15) is 24.0 Å². The lowest BCUT2D eigenvalue weighted by molar-refractivity contribution is -0.143. The van der Waals surface area contributed by atoms with E-state index in [2.05, 4.69) is 16.0 Å². The molecule has 4 amide bonds.